The van der Waals surface area contributed by atoms with Crippen molar-refractivity contribution in [2.24, 2.45) is 4.99 Å². The first-order valence-corrected chi connectivity index (χ1v) is 13.0. The fourth-order valence-electron chi connectivity index (χ4n) is 6.07. The van der Waals surface area contributed by atoms with Crippen LogP contribution >= 0.6 is 0 Å². The number of nitrogens with zero attached hydrogens (tertiary/aromatic N) is 5. The molecule has 2 aliphatic carbocycles. The summed E-state index contributed by atoms with van der Waals surface area (Å²) < 4.78 is 2.19. The predicted octanol–water partition coefficient (Wildman–Crippen LogP) is 3.60. The third-order valence-electron chi connectivity index (χ3n) is 8.13. The topological polar surface area (TPSA) is 83.8 Å². The second-order valence-electron chi connectivity index (χ2n) is 10.3. The van der Waals surface area contributed by atoms with Crippen LogP contribution in [0, 0.1) is 0 Å². The Kier molecular flexibility index (Phi) is 5.33. The summed E-state index contributed by atoms with van der Waals surface area (Å²) in [5.74, 6) is 2.11. The average Bonchev–Trinajstić information content (AvgIpc) is 3.29. The molecule has 7 rings (SSSR count). The Bertz CT molecular complexity index is 1420. The highest BCUT2D eigenvalue weighted by Gasteiger charge is 2.38. The molecule has 0 bridgehead atoms. The van der Waals surface area contributed by atoms with Crippen molar-refractivity contribution < 1.29 is 0 Å². The van der Waals surface area contributed by atoms with Gasteiger partial charge in [-0.3, -0.25) is 14.3 Å². The van der Waals surface area contributed by atoms with Crippen LogP contribution in [0.2, 0.25) is 0 Å². The van der Waals surface area contributed by atoms with Crippen LogP contribution in [-0.2, 0) is 0 Å². The Balaban J connectivity index is 1.19. The number of piperazine rings is 1. The van der Waals surface area contributed by atoms with Crippen molar-refractivity contribution in [2.75, 3.05) is 31.9 Å². The minimum absolute atomic E-state index is 0.0871. The molecule has 4 heterocycles. The van der Waals surface area contributed by atoms with Gasteiger partial charge in [-0.2, -0.15) is 0 Å². The number of anilines is 1. The zero-order chi connectivity index (χ0) is 24.1. The molecule has 7 nitrogen and oxygen atoms in total. The summed E-state index contributed by atoms with van der Waals surface area (Å²) in [5, 5.41) is 3.46. The van der Waals surface area contributed by atoms with E-state index in [-0.39, 0.29) is 6.04 Å². The van der Waals surface area contributed by atoms with Gasteiger partial charge in [0.2, 0.25) is 0 Å². The Morgan fingerprint density at radius 2 is 1.83 bits per heavy atom. The Morgan fingerprint density at radius 1 is 1.00 bits per heavy atom. The molecular weight excluding hydrogens is 446 g/mol. The zero-order valence-electron chi connectivity index (χ0n) is 20.3. The summed E-state index contributed by atoms with van der Waals surface area (Å²) >= 11 is 0. The lowest BCUT2D eigenvalue weighted by molar-refractivity contribution is 0.0928. The third kappa shape index (κ3) is 3.70. The van der Waals surface area contributed by atoms with E-state index in [0.717, 1.165) is 73.8 Å². The van der Waals surface area contributed by atoms with Crippen molar-refractivity contribution in [3.8, 4) is 0 Å². The van der Waals surface area contributed by atoms with Gasteiger partial charge in [0.15, 0.2) is 0 Å². The van der Waals surface area contributed by atoms with Crippen molar-refractivity contribution >= 4 is 22.6 Å². The maximum absolute atomic E-state index is 6.44. The van der Waals surface area contributed by atoms with E-state index in [1.165, 1.54) is 11.1 Å². The van der Waals surface area contributed by atoms with Crippen molar-refractivity contribution in [1.82, 2.24) is 24.6 Å². The zero-order valence-corrected chi connectivity index (χ0v) is 20.3. The quantitative estimate of drug-likeness (QED) is 0.600. The molecule has 0 amide bonds. The lowest BCUT2D eigenvalue weighted by Gasteiger charge is -2.44. The van der Waals surface area contributed by atoms with Crippen molar-refractivity contribution in [3.63, 3.8) is 0 Å². The molecule has 1 unspecified atom stereocenters. The summed E-state index contributed by atoms with van der Waals surface area (Å²) in [5.41, 5.74) is 12.9. The SMILES string of the molecule is Nc1nccn2c1c(C1=CC=C3C=CC(c4ccccc4)=NC3C1)nc2[C@H]1C[C@@H](N2CCNCC2)C1. The van der Waals surface area contributed by atoms with Gasteiger partial charge in [-0.25, -0.2) is 9.97 Å². The smallest absolute Gasteiger partial charge is 0.150 e. The number of allylic oxidation sites excluding steroid dienone is 3. The van der Waals surface area contributed by atoms with Crippen LogP contribution in [0.15, 0.2) is 77.6 Å². The van der Waals surface area contributed by atoms with Crippen molar-refractivity contribution in [3.05, 3.63) is 89.7 Å². The van der Waals surface area contributed by atoms with Gasteiger partial charge in [0.05, 0.1) is 17.4 Å². The number of aromatic nitrogens is 3. The monoisotopic (exact) mass is 477 g/mol. The minimum atomic E-state index is 0.0871. The van der Waals surface area contributed by atoms with E-state index in [1.54, 1.807) is 6.20 Å². The summed E-state index contributed by atoms with van der Waals surface area (Å²) in [6.45, 7) is 4.47. The first-order chi connectivity index (χ1) is 17.7. The molecule has 4 aliphatic rings. The fraction of sp³-hybridized carbons (Fsp3) is 0.345. The van der Waals surface area contributed by atoms with E-state index in [9.17, 15) is 0 Å². The normalized spacial score (nSPS) is 26.1. The number of fused-ring (bicyclic) bond motifs is 2. The van der Waals surface area contributed by atoms with E-state index < -0.39 is 0 Å². The molecule has 2 aromatic heterocycles. The summed E-state index contributed by atoms with van der Waals surface area (Å²) in [6.07, 6.45) is 15.6. The highest BCUT2D eigenvalue weighted by Crippen LogP contribution is 2.42. The van der Waals surface area contributed by atoms with Crippen LogP contribution in [0.5, 0.6) is 0 Å². The summed E-state index contributed by atoms with van der Waals surface area (Å²) in [7, 11) is 0. The number of hydrogen-bond acceptors (Lipinski definition) is 6. The van der Waals surface area contributed by atoms with Gasteiger partial charge < -0.3 is 11.1 Å². The molecule has 3 aromatic rings. The maximum atomic E-state index is 6.44. The average molecular weight is 478 g/mol. The molecule has 3 N–H and O–H groups in total. The Morgan fingerprint density at radius 3 is 2.67 bits per heavy atom. The van der Waals surface area contributed by atoms with E-state index in [2.05, 4.69) is 68.2 Å². The second kappa shape index (κ2) is 8.84. The van der Waals surface area contributed by atoms with Crippen LogP contribution in [0.3, 0.4) is 0 Å². The molecule has 0 radical (unpaired) electrons. The standard InChI is InChI=1S/C29H31N7/c30-28-27-26(21-7-6-20-8-9-24(33-25(20)18-21)19-4-2-1-3-5-19)34-29(36(27)15-12-32-28)22-16-23(17-22)35-13-10-31-11-14-35/h1-9,12,15,22-23,25,31H,10-11,13-14,16-18H2,(H2,30,32)/t22-,23+,25?. The number of aliphatic imine (C=N–C) groups is 1. The molecule has 0 spiro atoms. The molecule has 1 saturated carbocycles. The van der Waals surface area contributed by atoms with Crippen LogP contribution in [0.4, 0.5) is 5.82 Å². The molecule has 1 atom stereocenters. The molecule has 36 heavy (non-hydrogen) atoms. The number of benzene rings is 1. The lowest BCUT2D eigenvalue weighted by Crippen LogP contribution is -2.52. The molecule has 2 aliphatic heterocycles. The number of imidazole rings is 1. The van der Waals surface area contributed by atoms with Gasteiger partial charge in [-0.1, -0.05) is 48.6 Å². The van der Waals surface area contributed by atoms with E-state index >= 15 is 0 Å². The van der Waals surface area contributed by atoms with Gasteiger partial charge in [0.1, 0.15) is 17.2 Å². The Hall–Kier alpha value is -3.55. The van der Waals surface area contributed by atoms with Crippen molar-refractivity contribution in [1.29, 1.82) is 0 Å². The molecule has 1 aromatic carbocycles. The minimum Gasteiger partial charge on any atom is -0.382 e. The van der Waals surface area contributed by atoms with Crippen LogP contribution < -0.4 is 11.1 Å². The predicted molar refractivity (Wildman–Crippen MR) is 144 cm³/mol. The van der Waals surface area contributed by atoms with Gasteiger partial charge in [0.25, 0.3) is 0 Å². The van der Waals surface area contributed by atoms with Gasteiger partial charge in [-0.15, -0.1) is 0 Å². The number of nitrogens with two attached hydrogens (primary N) is 1. The number of dihydropyridines is 1. The first-order valence-electron chi connectivity index (χ1n) is 13.0. The molecule has 2 fully saturated rings. The lowest BCUT2D eigenvalue weighted by atomic mass is 9.78. The number of nitrogen functional groups attached to an aromatic ring is 1. The largest absolute Gasteiger partial charge is 0.382 e. The van der Waals surface area contributed by atoms with Crippen LogP contribution in [-0.4, -0.2) is 63.2 Å². The van der Waals surface area contributed by atoms with E-state index in [4.69, 9.17) is 15.7 Å². The van der Waals surface area contributed by atoms with E-state index in [0.29, 0.717) is 17.8 Å². The van der Waals surface area contributed by atoms with Gasteiger partial charge >= 0.3 is 0 Å². The second-order valence-corrected chi connectivity index (χ2v) is 10.3. The molecular formula is C29H31N7. The van der Waals surface area contributed by atoms with Crippen molar-refractivity contribution in [2.45, 2.75) is 37.3 Å². The number of rotatable bonds is 4. The maximum Gasteiger partial charge on any atom is 0.150 e. The fourth-order valence-corrected chi connectivity index (χ4v) is 6.07. The van der Waals surface area contributed by atoms with Crippen LogP contribution in [0.1, 0.15) is 42.3 Å². The molecule has 1 saturated heterocycles. The molecule has 182 valence electrons. The summed E-state index contributed by atoms with van der Waals surface area (Å²) in [6, 6.07) is 11.1. The summed E-state index contributed by atoms with van der Waals surface area (Å²) in [4.78, 5) is 17.4. The van der Waals surface area contributed by atoms with E-state index in [1.807, 2.05) is 12.3 Å². The van der Waals surface area contributed by atoms with Crippen LogP contribution in [0.25, 0.3) is 11.1 Å². The first kappa shape index (κ1) is 21.7. The highest BCUT2D eigenvalue weighted by atomic mass is 15.2. The molecule has 7 heteroatoms. The highest BCUT2D eigenvalue weighted by molar-refractivity contribution is 6.10. The Labute approximate surface area is 211 Å². The number of nitrogens with one attached hydrogen (secondary N) is 1. The van der Waals surface area contributed by atoms with Gasteiger partial charge in [0, 0.05) is 57.0 Å². The number of hydrogen-bond donors (Lipinski definition) is 2. The third-order valence-corrected chi connectivity index (χ3v) is 8.13. The van der Waals surface area contributed by atoms with Gasteiger partial charge in [-0.05, 0) is 35.6 Å².